The standard InChI is InChI=1S/C10H22N2/c1-8(2)5-10(4)7-11-6-9(3)12-10/h8-9,11-12H,5-7H2,1-4H3. The lowest BCUT2D eigenvalue weighted by molar-refractivity contribution is 0.216. The summed E-state index contributed by atoms with van der Waals surface area (Å²) in [6, 6.07) is 0.613. The molecule has 0 bridgehead atoms. The minimum absolute atomic E-state index is 0.311. The van der Waals surface area contributed by atoms with Crippen LogP contribution in [0.2, 0.25) is 0 Å². The molecule has 0 spiro atoms. The summed E-state index contributed by atoms with van der Waals surface area (Å²) in [6.45, 7) is 11.3. The van der Waals surface area contributed by atoms with Crippen LogP contribution in [0.1, 0.15) is 34.1 Å². The summed E-state index contributed by atoms with van der Waals surface area (Å²) in [5.74, 6) is 0.773. The number of hydrogen-bond acceptors (Lipinski definition) is 2. The van der Waals surface area contributed by atoms with Crippen LogP contribution >= 0.6 is 0 Å². The summed E-state index contributed by atoms with van der Waals surface area (Å²) in [7, 11) is 0. The predicted octanol–water partition coefficient (Wildman–Crippen LogP) is 1.37. The molecule has 2 nitrogen and oxygen atoms in total. The van der Waals surface area contributed by atoms with Crippen molar-refractivity contribution in [2.75, 3.05) is 13.1 Å². The zero-order valence-electron chi connectivity index (χ0n) is 8.78. The first-order valence-electron chi connectivity index (χ1n) is 5.00. The fraction of sp³-hybridized carbons (Fsp3) is 1.00. The van der Waals surface area contributed by atoms with Crippen molar-refractivity contribution in [3.8, 4) is 0 Å². The highest BCUT2D eigenvalue weighted by atomic mass is 15.1. The Morgan fingerprint density at radius 3 is 2.67 bits per heavy atom. The van der Waals surface area contributed by atoms with Crippen molar-refractivity contribution in [1.82, 2.24) is 10.6 Å². The molecule has 0 radical (unpaired) electrons. The van der Waals surface area contributed by atoms with Crippen LogP contribution in [0.5, 0.6) is 0 Å². The normalized spacial score (nSPS) is 37.2. The van der Waals surface area contributed by atoms with Crippen molar-refractivity contribution in [2.45, 2.75) is 45.7 Å². The van der Waals surface area contributed by atoms with Gasteiger partial charge in [-0.1, -0.05) is 13.8 Å². The average molecular weight is 170 g/mol. The molecule has 0 aromatic carbocycles. The van der Waals surface area contributed by atoms with Gasteiger partial charge in [-0.15, -0.1) is 0 Å². The van der Waals surface area contributed by atoms with E-state index in [9.17, 15) is 0 Å². The van der Waals surface area contributed by atoms with E-state index >= 15 is 0 Å². The van der Waals surface area contributed by atoms with Gasteiger partial charge < -0.3 is 10.6 Å². The Balaban J connectivity index is 2.45. The highest BCUT2D eigenvalue weighted by Crippen LogP contribution is 2.18. The van der Waals surface area contributed by atoms with Crippen LogP contribution in [0, 0.1) is 5.92 Å². The van der Waals surface area contributed by atoms with E-state index in [4.69, 9.17) is 0 Å². The summed E-state index contributed by atoms with van der Waals surface area (Å²) in [4.78, 5) is 0. The van der Waals surface area contributed by atoms with Crippen LogP contribution in [-0.4, -0.2) is 24.7 Å². The van der Waals surface area contributed by atoms with Crippen LogP contribution in [0.4, 0.5) is 0 Å². The van der Waals surface area contributed by atoms with Crippen LogP contribution in [-0.2, 0) is 0 Å². The molecule has 0 saturated carbocycles. The average Bonchev–Trinajstić information content (AvgIpc) is 1.82. The molecule has 1 aliphatic rings. The zero-order valence-corrected chi connectivity index (χ0v) is 8.78. The molecular formula is C10H22N2. The lowest BCUT2D eigenvalue weighted by Gasteiger charge is -2.40. The first-order chi connectivity index (χ1) is 5.52. The molecule has 2 unspecified atom stereocenters. The van der Waals surface area contributed by atoms with Crippen molar-refractivity contribution in [1.29, 1.82) is 0 Å². The summed E-state index contributed by atoms with van der Waals surface area (Å²) in [5.41, 5.74) is 0.311. The third-order valence-corrected chi connectivity index (χ3v) is 2.42. The first-order valence-corrected chi connectivity index (χ1v) is 5.00. The second kappa shape index (κ2) is 3.75. The van der Waals surface area contributed by atoms with Crippen LogP contribution < -0.4 is 10.6 Å². The third kappa shape index (κ3) is 2.76. The van der Waals surface area contributed by atoms with Crippen LogP contribution in [0.3, 0.4) is 0 Å². The number of rotatable bonds is 2. The van der Waals surface area contributed by atoms with E-state index in [0.717, 1.165) is 19.0 Å². The molecule has 0 aromatic rings. The fourth-order valence-electron chi connectivity index (χ4n) is 2.29. The lowest BCUT2D eigenvalue weighted by Crippen LogP contribution is -2.61. The van der Waals surface area contributed by atoms with Gasteiger partial charge in [-0.3, -0.25) is 0 Å². The van der Waals surface area contributed by atoms with Crippen molar-refractivity contribution in [3.05, 3.63) is 0 Å². The fourth-order valence-corrected chi connectivity index (χ4v) is 2.29. The van der Waals surface area contributed by atoms with Crippen molar-refractivity contribution in [3.63, 3.8) is 0 Å². The van der Waals surface area contributed by atoms with Gasteiger partial charge in [0.15, 0.2) is 0 Å². The second-order valence-corrected chi connectivity index (χ2v) is 4.83. The minimum atomic E-state index is 0.311. The van der Waals surface area contributed by atoms with E-state index in [-0.39, 0.29) is 0 Å². The molecule has 2 heteroatoms. The molecule has 1 saturated heterocycles. The van der Waals surface area contributed by atoms with E-state index in [1.54, 1.807) is 0 Å². The molecule has 2 atom stereocenters. The van der Waals surface area contributed by atoms with Crippen molar-refractivity contribution < 1.29 is 0 Å². The predicted molar refractivity (Wildman–Crippen MR) is 53.3 cm³/mol. The van der Waals surface area contributed by atoms with Gasteiger partial charge in [-0.2, -0.15) is 0 Å². The van der Waals surface area contributed by atoms with Gasteiger partial charge in [0, 0.05) is 24.7 Å². The van der Waals surface area contributed by atoms with Crippen molar-refractivity contribution >= 4 is 0 Å². The molecule has 0 amide bonds. The number of nitrogens with one attached hydrogen (secondary N) is 2. The first kappa shape index (κ1) is 10.0. The minimum Gasteiger partial charge on any atom is -0.313 e. The Morgan fingerprint density at radius 2 is 2.17 bits per heavy atom. The molecule has 12 heavy (non-hydrogen) atoms. The van der Waals surface area contributed by atoms with Crippen molar-refractivity contribution in [2.24, 2.45) is 5.92 Å². The topological polar surface area (TPSA) is 24.1 Å². The molecule has 0 aromatic heterocycles. The van der Waals surface area contributed by atoms with Gasteiger partial charge >= 0.3 is 0 Å². The quantitative estimate of drug-likeness (QED) is 0.654. The highest BCUT2D eigenvalue weighted by Gasteiger charge is 2.29. The third-order valence-electron chi connectivity index (χ3n) is 2.42. The van der Waals surface area contributed by atoms with E-state index in [0.29, 0.717) is 11.6 Å². The number of hydrogen-bond donors (Lipinski definition) is 2. The molecule has 2 N–H and O–H groups in total. The van der Waals surface area contributed by atoms with E-state index in [1.165, 1.54) is 6.42 Å². The summed E-state index contributed by atoms with van der Waals surface area (Å²) < 4.78 is 0. The summed E-state index contributed by atoms with van der Waals surface area (Å²) >= 11 is 0. The Labute approximate surface area is 76.1 Å². The van der Waals surface area contributed by atoms with Crippen LogP contribution in [0.25, 0.3) is 0 Å². The Kier molecular flexibility index (Phi) is 3.13. The molecule has 1 fully saturated rings. The second-order valence-electron chi connectivity index (χ2n) is 4.83. The largest absolute Gasteiger partial charge is 0.313 e. The van der Waals surface area contributed by atoms with Gasteiger partial charge in [0.25, 0.3) is 0 Å². The maximum atomic E-state index is 3.66. The zero-order chi connectivity index (χ0) is 9.19. The Morgan fingerprint density at radius 1 is 1.50 bits per heavy atom. The highest BCUT2D eigenvalue weighted by molar-refractivity contribution is 4.92. The maximum absolute atomic E-state index is 3.66. The molecule has 1 aliphatic heterocycles. The van der Waals surface area contributed by atoms with Gasteiger partial charge in [0.05, 0.1) is 0 Å². The monoisotopic (exact) mass is 170 g/mol. The molecular weight excluding hydrogens is 148 g/mol. The van der Waals surface area contributed by atoms with Gasteiger partial charge in [-0.05, 0) is 26.2 Å². The Hall–Kier alpha value is -0.0800. The molecule has 72 valence electrons. The smallest absolute Gasteiger partial charge is 0.0283 e. The van der Waals surface area contributed by atoms with E-state index in [1.807, 2.05) is 0 Å². The molecule has 1 rings (SSSR count). The molecule has 0 aliphatic carbocycles. The van der Waals surface area contributed by atoms with Gasteiger partial charge in [-0.25, -0.2) is 0 Å². The molecule has 1 heterocycles. The van der Waals surface area contributed by atoms with Gasteiger partial charge in [0.2, 0.25) is 0 Å². The van der Waals surface area contributed by atoms with E-state index in [2.05, 4.69) is 38.3 Å². The lowest BCUT2D eigenvalue weighted by atomic mass is 9.88. The number of piperazine rings is 1. The maximum Gasteiger partial charge on any atom is 0.0283 e. The summed E-state index contributed by atoms with van der Waals surface area (Å²) in [5, 5.41) is 7.13. The summed E-state index contributed by atoms with van der Waals surface area (Å²) in [6.07, 6.45) is 1.25. The Bertz CT molecular complexity index is 141. The van der Waals surface area contributed by atoms with Gasteiger partial charge in [0.1, 0.15) is 0 Å². The SMILES string of the molecule is CC(C)CC1(C)CNCC(C)N1. The van der Waals surface area contributed by atoms with Crippen LogP contribution in [0.15, 0.2) is 0 Å². The van der Waals surface area contributed by atoms with E-state index < -0.39 is 0 Å².